The SMILES string of the molecule is CCC(C)C(=O)Nc1cccc(CNC(=O)CCCc2nc(C(C)C)no2)c1. The first-order chi connectivity index (χ1) is 13.4. The first-order valence-corrected chi connectivity index (χ1v) is 9.88. The van der Waals surface area contributed by atoms with Crippen molar-refractivity contribution in [2.45, 2.75) is 65.8 Å². The van der Waals surface area contributed by atoms with E-state index in [4.69, 9.17) is 4.52 Å². The Balaban J connectivity index is 1.74. The number of aromatic nitrogens is 2. The lowest BCUT2D eigenvalue weighted by Crippen LogP contribution is -2.23. The molecule has 1 heterocycles. The largest absolute Gasteiger partial charge is 0.352 e. The highest BCUT2D eigenvalue weighted by Crippen LogP contribution is 2.14. The third-order valence-electron chi connectivity index (χ3n) is 4.54. The molecule has 0 fully saturated rings. The van der Waals surface area contributed by atoms with Crippen LogP contribution in [0.1, 0.15) is 70.2 Å². The molecular weight excluding hydrogens is 356 g/mol. The number of hydrogen-bond acceptors (Lipinski definition) is 5. The van der Waals surface area contributed by atoms with E-state index in [1.807, 2.05) is 52.0 Å². The average molecular weight is 386 g/mol. The van der Waals surface area contributed by atoms with E-state index in [0.29, 0.717) is 37.5 Å². The fourth-order valence-corrected chi connectivity index (χ4v) is 2.50. The van der Waals surface area contributed by atoms with Crippen LogP contribution in [0, 0.1) is 5.92 Å². The highest BCUT2D eigenvalue weighted by atomic mass is 16.5. The van der Waals surface area contributed by atoms with E-state index in [0.717, 1.165) is 17.7 Å². The van der Waals surface area contributed by atoms with Gasteiger partial charge in [-0.15, -0.1) is 0 Å². The Labute approximate surface area is 166 Å². The van der Waals surface area contributed by atoms with Gasteiger partial charge in [0.05, 0.1) is 0 Å². The highest BCUT2D eigenvalue weighted by molar-refractivity contribution is 5.92. The van der Waals surface area contributed by atoms with Crippen LogP contribution in [0.3, 0.4) is 0 Å². The lowest BCUT2D eigenvalue weighted by atomic mass is 10.1. The van der Waals surface area contributed by atoms with Crippen molar-refractivity contribution in [2.24, 2.45) is 5.92 Å². The summed E-state index contributed by atoms with van der Waals surface area (Å²) in [7, 11) is 0. The molecule has 152 valence electrons. The van der Waals surface area contributed by atoms with E-state index in [-0.39, 0.29) is 23.7 Å². The van der Waals surface area contributed by atoms with Crippen molar-refractivity contribution in [1.82, 2.24) is 15.5 Å². The Morgan fingerprint density at radius 3 is 2.68 bits per heavy atom. The van der Waals surface area contributed by atoms with E-state index in [1.54, 1.807) is 0 Å². The Hall–Kier alpha value is -2.70. The minimum Gasteiger partial charge on any atom is -0.352 e. The van der Waals surface area contributed by atoms with Gasteiger partial charge < -0.3 is 15.2 Å². The van der Waals surface area contributed by atoms with Crippen LogP contribution >= 0.6 is 0 Å². The van der Waals surface area contributed by atoms with Gasteiger partial charge in [0.15, 0.2) is 5.82 Å². The Kier molecular flexibility index (Phi) is 8.17. The molecule has 0 aliphatic heterocycles. The van der Waals surface area contributed by atoms with Crippen LogP contribution in [0.15, 0.2) is 28.8 Å². The molecule has 0 aliphatic carbocycles. The molecule has 0 radical (unpaired) electrons. The Morgan fingerprint density at radius 2 is 2.00 bits per heavy atom. The van der Waals surface area contributed by atoms with Gasteiger partial charge in [-0.1, -0.05) is 45.0 Å². The van der Waals surface area contributed by atoms with E-state index >= 15 is 0 Å². The van der Waals surface area contributed by atoms with E-state index in [1.165, 1.54) is 0 Å². The van der Waals surface area contributed by atoms with Crippen LogP contribution in [0.5, 0.6) is 0 Å². The molecule has 1 unspecified atom stereocenters. The molecule has 0 aliphatic rings. The molecule has 0 spiro atoms. The van der Waals surface area contributed by atoms with Gasteiger partial charge in [-0.05, 0) is 30.5 Å². The number of nitrogens with one attached hydrogen (secondary N) is 2. The minimum absolute atomic E-state index is 0.00494. The number of rotatable bonds is 10. The predicted octanol–water partition coefficient (Wildman–Crippen LogP) is 3.82. The molecular formula is C21H30N4O3. The number of amides is 2. The fraction of sp³-hybridized carbons (Fsp3) is 0.524. The Morgan fingerprint density at radius 1 is 1.21 bits per heavy atom. The highest BCUT2D eigenvalue weighted by Gasteiger charge is 2.12. The van der Waals surface area contributed by atoms with Gasteiger partial charge in [0.25, 0.3) is 0 Å². The second-order valence-electron chi connectivity index (χ2n) is 7.33. The molecule has 1 aromatic heterocycles. The van der Waals surface area contributed by atoms with Crippen LogP contribution in [-0.4, -0.2) is 22.0 Å². The molecule has 1 aromatic carbocycles. The lowest BCUT2D eigenvalue weighted by molar-refractivity contribution is -0.121. The molecule has 2 rings (SSSR count). The van der Waals surface area contributed by atoms with Crippen molar-refractivity contribution in [2.75, 3.05) is 5.32 Å². The molecule has 0 saturated heterocycles. The predicted molar refractivity (Wildman–Crippen MR) is 108 cm³/mol. The van der Waals surface area contributed by atoms with Gasteiger partial charge in [-0.25, -0.2) is 0 Å². The molecule has 2 amide bonds. The van der Waals surface area contributed by atoms with Gasteiger partial charge in [0, 0.05) is 36.9 Å². The zero-order chi connectivity index (χ0) is 20.5. The third-order valence-corrected chi connectivity index (χ3v) is 4.54. The summed E-state index contributed by atoms with van der Waals surface area (Å²) in [6.45, 7) is 8.32. The summed E-state index contributed by atoms with van der Waals surface area (Å²) in [5.74, 6) is 1.44. The molecule has 28 heavy (non-hydrogen) atoms. The molecule has 2 N–H and O–H groups in total. The molecule has 2 aromatic rings. The van der Waals surface area contributed by atoms with Crippen molar-refractivity contribution in [1.29, 1.82) is 0 Å². The number of anilines is 1. The van der Waals surface area contributed by atoms with Gasteiger partial charge >= 0.3 is 0 Å². The minimum atomic E-state index is -0.0300. The second-order valence-corrected chi connectivity index (χ2v) is 7.33. The zero-order valence-electron chi connectivity index (χ0n) is 17.1. The first kappa shape index (κ1) is 21.6. The normalized spacial score (nSPS) is 12.0. The third kappa shape index (κ3) is 6.79. The summed E-state index contributed by atoms with van der Waals surface area (Å²) in [4.78, 5) is 28.4. The van der Waals surface area contributed by atoms with Crippen LogP contribution in [0.25, 0.3) is 0 Å². The summed E-state index contributed by atoms with van der Waals surface area (Å²) in [6.07, 6.45) is 2.43. The lowest BCUT2D eigenvalue weighted by Gasteiger charge is -2.11. The number of benzene rings is 1. The van der Waals surface area contributed by atoms with Crippen molar-refractivity contribution in [3.63, 3.8) is 0 Å². The average Bonchev–Trinajstić information content (AvgIpc) is 3.15. The maximum atomic E-state index is 12.1. The summed E-state index contributed by atoms with van der Waals surface area (Å²) < 4.78 is 5.18. The Bertz CT molecular complexity index is 785. The molecule has 0 bridgehead atoms. The van der Waals surface area contributed by atoms with Gasteiger partial charge in [-0.2, -0.15) is 4.98 Å². The van der Waals surface area contributed by atoms with E-state index in [2.05, 4.69) is 20.8 Å². The van der Waals surface area contributed by atoms with Gasteiger partial charge in [0.2, 0.25) is 17.7 Å². The topological polar surface area (TPSA) is 97.1 Å². The summed E-state index contributed by atoms with van der Waals surface area (Å²) in [5.41, 5.74) is 1.68. The number of carbonyl (C=O) groups excluding carboxylic acids is 2. The first-order valence-electron chi connectivity index (χ1n) is 9.88. The monoisotopic (exact) mass is 386 g/mol. The van der Waals surface area contributed by atoms with Crippen LogP contribution in [0.2, 0.25) is 0 Å². The van der Waals surface area contributed by atoms with Crippen molar-refractivity contribution < 1.29 is 14.1 Å². The number of aryl methyl sites for hydroxylation is 1. The standard InChI is InChI=1S/C21H30N4O3/c1-5-15(4)21(27)23-17-9-6-8-16(12-17)13-22-18(26)10-7-11-19-24-20(14(2)3)25-28-19/h6,8-9,12,14-15H,5,7,10-11,13H2,1-4H3,(H,22,26)(H,23,27). The fourth-order valence-electron chi connectivity index (χ4n) is 2.50. The summed E-state index contributed by atoms with van der Waals surface area (Å²) >= 11 is 0. The maximum absolute atomic E-state index is 12.1. The smallest absolute Gasteiger partial charge is 0.227 e. The maximum Gasteiger partial charge on any atom is 0.227 e. The number of hydrogen-bond donors (Lipinski definition) is 2. The quantitative estimate of drug-likeness (QED) is 0.647. The van der Waals surface area contributed by atoms with Crippen LogP contribution in [0.4, 0.5) is 5.69 Å². The van der Waals surface area contributed by atoms with E-state index in [9.17, 15) is 9.59 Å². The number of carbonyl (C=O) groups is 2. The summed E-state index contributed by atoms with van der Waals surface area (Å²) in [6, 6.07) is 7.52. The van der Waals surface area contributed by atoms with Gasteiger partial charge in [0.1, 0.15) is 0 Å². The van der Waals surface area contributed by atoms with Crippen LogP contribution in [-0.2, 0) is 22.6 Å². The zero-order valence-corrected chi connectivity index (χ0v) is 17.1. The summed E-state index contributed by atoms with van der Waals surface area (Å²) in [5, 5.41) is 9.73. The van der Waals surface area contributed by atoms with E-state index < -0.39 is 0 Å². The van der Waals surface area contributed by atoms with Gasteiger partial charge in [-0.3, -0.25) is 9.59 Å². The van der Waals surface area contributed by atoms with Crippen molar-refractivity contribution >= 4 is 17.5 Å². The number of nitrogens with zero attached hydrogens (tertiary/aromatic N) is 2. The molecule has 7 heteroatoms. The van der Waals surface area contributed by atoms with Crippen molar-refractivity contribution in [3.05, 3.63) is 41.5 Å². The second kappa shape index (κ2) is 10.6. The molecule has 7 nitrogen and oxygen atoms in total. The van der Waals surface area contributed by atoms with Crippen LogP contribution < -0.4 is 10.6 Å². The molecule has 0 saturated carbocycles. The molecule has 1 atom stereocenters. The van der Waals surface area contributed by atoms with Crippen molar-refractivity contribution in [3.8, 4) is 0 Å².